The first kappa shape index (κ1) is 21.6. The van der Waals surface area contributed by atoms with Crippen molar-refractivity contribution in [3.63, 3.8) is 0 Å². The molecule has 1 aromatic heterocycles. The van der Waals surface area contributed by atoms with E-state index in [9.17, 15) is 13.2 Å². The smallest absolute Gasteiger partial charge is 0.243 e. The van der Waals surface area contributed by atoms with E-state index in [2.05, 4.69) is 10.3 Å². The number of nitrogens with zero attached hydrogens (tertiary/aromatic N) is 1. The van der Waals surface area contributed by atoms with E-state index in [1.165, 1.54) is 10.7 Å². The number of aryl methyl sites for hydroxylation is 1. The van der Waals surface area contributed by atoms with E-state index in [0.29, 0.717) is 18.5 Å². The highest BCUT2D eigenvalue weighted by Crippen LogP contribution is 2.27. The Hall–Kier alpha value is -2.64. The summed E-state index contributed by atoms with van der Waals surface area (Å²) in [5, 5.41) is 4.00. The molecule has 0 atom stereocenters. The molecule has 1 heterocycles. The highest BCUT2D eigenvalue weighted by molar-refractivity contribution is 7.89. The van der Waals surface area contributed by atoms with Gasteiger partial charge >= 0.3 is 0 Å². The third-order valence-electron chi connectivity index (χ3n) is 6.20. The highest BCUT2D eigenvalue weighted by Gasteiger charge is 2.28. The lowest BCUT2D eigenvalue weighted by molar-refractivity contribution is -0.116. The van der Waals surface area contributed by atoms with Crippen molar-refractivity contribution in [1.29, 1.82) is 0 Å². The summed E-state index contributed by atoms with van der Waals surface area (Å²) in [6.45, 7) is 0. The van der Waals surface area contributed by atoms with E-state index in [1.54, 1.807) is 31.3 Å². The van der Waals surface area contributed by atoms with Gasteiger partial charge in [-0.25, -0.2) is 8.42 Å². The number of H-pyrrole nitrogens is 1. The number of sulfonamides is 1. The molecule has 1 amide bonds. The van der Waals surface area contributed by atoms with Crippen molar-refractivity contribution in [1.82, 2.24) is 9.29 Å². The summed E-state index contributed by atoms with van der Waals surface area (Å²) in [6, 6.07) is 14.6. The fourth-order valence-corrected chi connectivity index (χ4v) is 5.74. The topological polar surface area (TPSA) is 82.3 Å². The summed E-state index contributed by atoms with van der Waals surface area (Å²) in [5.41, 5.74) is 2.77. The SMILES string of the molecule is CN(C1CCCCC1)S(=O)(=O)c1ccc(NC(=O)CCc2c[nH]c3ccccc23)cc1. The highest BCUT2D eigenvalue weighted by atomic mass is 32.2. The molecule has 2 N–H and O–H groups in total. The lowest BCUT2D eigenvalue weighted by Gasteiger charge is -2.30. The van der Waals surface area contributed by atoms with E-state index in [4.69, 9.17) is 0 Å². The molecule has 1 aliphatic rings. The molecule has 6 nitrogen and oxygen atoms in total. The standard InChI is InChI=1S/C24H29N3O3S/c1-27(20-7-3-2-4-8-20)31(29,30)21-14-12-19(13-15-21)26-24(28)16-11-18-17-25-23-10-6-5-9-22(18)23/h5-6,9-10,12-15,17,20,25H,2-4,7-8,11,16H2,1H3,(H,26,28). The second-order valence-electron chi connectivity index (χ2n) is 8.25. The van der Waals surface area contributed by atoms with Crippen LogP contribution in [-0.4, -0.2) is 36.7 Å². The Morgan fingerprint density at radius 2 is 1.77 bits per heavy atom. The quantitative estimate of drug-likeness (QED) is 0.560. The van der Waals surface area contributed by atoms with Crippen LogP contribution in [-0.2, 0) is 21.2 Å². The van der Waals surface area contributed by atoms with Gasteiger partial charge < -0.3 is 10.3 Å². The molecule has 0 spiro atoms. The minimum Gasteiger partial charge on any atom is -0.361 e. The second kappa shape index (κ2) is 9.24. The van der Waals surface area contributed by atoms with Gasteiger partial charge in [-0.05, 0) is 55.2 Å². The Morgan fingerprint density at radius 1 is 1.06 bits per heavy atom. The van der Waals surface area contributed by atoms with E-state index in [-0.39, 0.29) is 16.8 Å². The van der Waals surface area contributed by atoms with Crippen LogP contribution in [0, 0.1) is 0 Å². The van der Waals surface area contributed by atoms with Crippen LogP contribution in [0.5, 0.6) is 0 Å². The minimum atomic E-state index is -3.53. The first-order valence-electron chi connectivity index (χ1n) is 10.9. The molecule has 2 aromatic carbocycles. The van der Waals surface area contributed by atoms with Gasteiger partial charge in [-0.1, -0.05) is 37.5 Å². The van der Waals surface area contributed by atoms with Gasteiger partial charge in [0.2, 0.25) is 15.9 Å². The molecular formula is C24H29N3O3S. The van der Waals surface area contributed by atoms with Crippen LogP contribution < -0.4 is 5.32 Å². The fraction of sp³-hybridized carbons (Fsp3) is 0.375. The zero-order valence-electron chi connectivity index (χ0n) is 17.8. The maximum atomic E-state index is 12.9. The molecule has 0 radical (unpaired) electrons. The number of rotatable bonds is 7. The third kappa shape index (κ3) is 4.83. The number of nitrogens with one attached hydrogen (secondary N) is 2. The molecule has 7 heteroatoms. The van der Waals surface area contributed by atoms with E-state index in [0.717, 1.165) is 42.1 Å². The van der Waals surface area contributed by atoms with Crippen LogP contribution in [0.1, 0.15) is 44.1 Å². The van der Waals surface area contributed by atoms with Crippen LogP contribution in [0.2, 0.25) is 0 Å². The first-order valence-corrected chi connectivity index (χ1v) is 12.3. The van der Waals surface area contributed by atoms with Gasteiger partial charge in [-0.2, -0.15) is 4.31 Å². The zero-order chi connectivity index (χ0) is 21.8. The molecule has 0 saturated heterocycles. The van der Waals surface area contributed by atoms with E-state index in [1.807, 2.05) is 30.5 Å². The van der Waals surface area contributed by atoms with Crippen molar-refractivity contribution in [3.05, 3.63) is 60.3 Å². The van der Waals surface area contributed by atoms with Crippen molar-refractivity contribution >= 4 is 32.5 Å². The first-order chi connectivity index (χ1) is 14.9. The van der Waals surface area contributed by atoms with Crippen molar-refractivity contribution in [2.45, 2.75) is 55.9 Å². The minimum absolute atomic E-state index is 0.0719. The Labute approximate surface area is 183 Å². The molecule has 0 bridgehead atoms. The number of para-hydroxylation sites is 1. The normalized spacial score (nSPS) is 15.4. The monoisotopic (exact) mass is 439 g/mol. The Bertz CT molecular complexity index is 1150. The molecular weight excluding hydrogens is 410 g/mol. The molecule has 164 valence electrons. The van der Waals surface area contributed by atoms with Crippen LogP contribution in [0.4, 0.5) is 5.69 Å². The number of anilines is 1. The van der Waals surface area contributed by atoms with Gasteiger partial charge in [0.05, 0.1) is 4.90 Å². The zero-order valence-corrected chi connectivity index (χ0v) is 18.6. The van der Waals surface area contributed by atoms with Gasteiger partial charge in [0.25, 0.3) is 0 Å². The van der Waals surface area contributed by atoms with Crippen LogP contribution in [0.3, 0.4) is 0 Å². The van der Waals surface area contributed by atoms with Crippen LogP contribution in [0.15, 0.2) is 59.6 Å². The van der Waals surface area contributed by atoms with Crippen molar-refractivity contribution in [2.24, 2.45) is 0 Å². The summed E-state index contributed by atoms with van der Waals surface area (Å²) in [7, 11) is -1.85. The predicted octanol–water partition coefficient (Wildman–Crippen LogP) is 4.69. The number of hydrogen-bond acceptors (Lipinski definition) is 3. The Kier molecular flexibility index (Phi) is 6.43. The van der Waals surface area contributed by atoms with Crippen LogP contribution >= 0.6 is 0 Å². The van der Waals surface area contributed by atoms with Crippen molar-refractivity contribution in [3.8, 4) is 0 Å². The number of fused-ring (bicyclic) bond motifs is 1. The average molecular weight is 440 g/mol. The molecule has 0 unspecified atom stereocenters. The molecule has 1 aliphatic carbocycles. The van der Waals surface area contributed by atoms with Crippen molar-refractivity contribution in [2.75, 3.05) is 12.4 Å². The van der Waals surface area contributed by atoms with Gasteiger partial charge in [0, 0.05) is 42.3 Å². The predicted molar refractivity (Wildman–Crippen MR) is 124 cm³/mol. The summed E-state index contributed by atoms with van der Waals surface area (Å²) in [6.07, 6.45) is 8.10. The van der Waals surface area contributed by atoms with Gasteiger partial charge in [-0.15, -0.1) is 0 Å². The molecule has 1 fully saturated rings. The maximum absolute atomic E-state index is 12.9. The second-order valence-corrected chi connectivity index (χ2v) is 10.2. The summed E-state index contributed by atoms with van der Waals surface area (Å²) >= 11 is 0. The molecule has 3 aromatic rings. The number of carbonyl (C=O) groups excluding carboxylic acids is 1. The van der Waals surface area contributed by atoms with Gasteiger partial charge in [0.1, 0.15) is 0 Å². The molecule has 4 rings (SSSR count). The number of amides is 1. The number of benzene rings is 2. The third-order valence-corrected chi connectivity index (χ3v) is 8.12. The number of hydrogen-bond donors (Lipinski definition) is 2. The summed E-state index contributed by atoms with van der Waals surface area (Å²) in [5.74, 6) is -0.0970. The largest absolute Gasteiger partial charge is 0.361 e. The lowest BCUT2D eigenvalue weighted by atomic mass is 9.96. The molecule has 31 heavy (non-hydrogen) atoms. The number of carbonyl (C=O) groups is 1. The molecule has 1 saturated carbocycles. The van der Waals surface area contributed by atoms with E-state index >= 15 is 0 Å². The van der Waals surface area contributed by atoms with Gasteiger partial charge in [0.15, 0.2) is 0 Å². The molecule has 0 aliphatic heterocycles. The Morgan fingerprint density at radius 3 is 2.52 bits per heavy atom. The van der Waals surface area contributed by atoms with Gasteiger partial charge in [-0.3, -0.25) is 4.79 Å². The lowest BCUT2D eigenvalue weighted by Crippen LogP contribution is -2.38. The van der Waals surface area contributed by atoms with E-state index < -0.39 is 10.0 Å². The summed E-state index contributed by atoms with van der Waals surface area (Å²) in [4.78, 5) is 15.9. The summed E-state index contributed by atoms with van der Waals surface area (Å²) < 4.78 is 27.4. The maximum Gasteiger partial charge on any atom is 0.243 e. The number of aromatic nitrogens is 1. The van der Waals surface area contributed by atoms with Crippen LogP contribution in [0.25, 0.3) is 10.9 Å². The average Bonchev–Trinajstić information content (AvgIpc) is 3.21. The fourth-order valence-electron chi connectivity index (χ4n) is 4.33. The van der Waals surface area contributed by atoms with Crippen molar-refractivity contribution < 1.29 is 13.2 Å². The number of aromatic amines is 1. The Balaban J connectivity index is 1.36.